The second-order valence-electron chi connectivity index (χ2n) is 11.3. The number of benzene rings is 2. The van der Waals surface area contributed by atoms with Gasteiger partial charge in [0.1, 0.15) is 11.6 Å². The van der Waals surface area contributed by atoms with E-state index in [1.54, 1.807) is 12.1 Å². The molecule has 3 aliphatic rings. The smallest absolute Gasteiger partial charge is 0.250 e. The quantitative estimate of drug-likeness (QED) is 0.518. The molecule has 3 aliphatic heterocycles. The first kappa shape index (κ1) is 26.4. The van der Waals surface area contributed by atoms with Crippen LogP contribution in [0, 0.1) is 31.6 Å². The third-order valence-corrected chi connectivity index (χ3v) is 9.13. The highest BCUT2D eigenvalue weighted by Crippen LogP contribution is 2.65. The number of hydrogen-bond donors (Lipinski definition) is 3. The molecule has 38 heavy (non-hydrogen) atoms. The summed E-state index contributed by atoms with van der Waals surface area (Å²) in [6.45, 7) is 9.35. The number of hydrogen-bond acceptors (Lipinski definition) is 5. The minimum absolute atomic E-state index is 0.0669. The highest BCUT2D eigenvalue weighted by Gasteiger charge is 2.80. The summed E-state index contributed by atoms with van der Waals surface area (Å²) in [7, 11) is 0. The van der Waals surface area contributed by atoms with Crippen LogP contribution in [0.5, 0.6) is 0 Å². The van der Waals surface area contributed by atoms with E-state index in [9.17, 15) is 19.5 Å². The van der Waals surface area contributed by atoms with E-state index in [2.05, 4.69) is 10.6 Å². The average Bonchev–Trinajstić information content (AvgIpc) is 3.40. The maximum absolute atomic E-state index is 14.2. The number of anilines is 2. The van der Waals surface area contributed by atoms with Gasteiger partial charge in [0.2, 0.25) is 17.7 Å². The molecule has 2 aromatic rings. The van der Waals surface area contributed by atoms with Crippen LogP contribution in [0.4, 0.5) is 11.4 Å². The van der Waals surface area contributed by atoms with Gasteiger partial charge in [-0.1, -0.05) is 50.2 Å². The highest BCUT2D eigenvalue weighted by atomic mass is 16.5. The molecule has 3 heterocycles. The van der Waals surface area contributed by atoms with Crippen LogP contribution in [0.15, 0.2) is 48.5 Å². The summed E-state index contributed by atoms with van der Waals surface area (Å²) in [4.78, 5) is 43.7. The number of aryl methyl sites for hydroxylation is 2. The van der Waals surface area contributed by atoms with Crippen LogP contribution < -0.4 is 10.6 Å². The van der Waals surface area contributed by atoms with Crippen molar-refractivity contribution in [1.82, 2.24) is 4.90 Å². The van der Waals surface area contributed by atoms with Gasteiger partial charge in [-0.15, -0.1) is 0 Å². The van der Waals surface area contributed by atoms with Crippen molar-refractivity contribution in [2.45, 2.75) is 70.7 Å². The van der Waals surface area contributed by atoms with Crippen LogP contribution in [0.3, 0.4) is 0 Å². The van der Waals surface area contributed by atoms with E-state index in [0.717, 1.165) is 11.1 Å². The lowest BCUT2D eigenvalue weighted by Crippen LogP contribution is -2.56. The standard InChI is InChI=1S/C30H37N3O5/c1-6-21(16-34)33-25(27(36)32-24-17(2)11-10-12-18(24)3)30-15-19(4)29(5,38-30)22(23(30)28(33)37)26(35)31-20-13-8-7-9-14-20/h7-14,19,21-23,25,34H,6,15-16H2,1-5H3,(H,31,35)(H,32,36)/t19?,21-,22+,23-,25?,29-,30?/m0/s1. The number of rotatable bonds is 7. The Morgan fingerprint density at radius 2 is 1.74 bits per heavy atom. The molecule has 7 atom stereocenters. The van der Waals surface area contributed by atoms with Gasteiger partial charge < -0.3 is 25.4 Å². The molecular formula is C30H37N3O5. The predicted octanol–water partition coefficient (Wildman–Crippen LogP) is 3.66. The molecule has 3 fully saturated rings. The van der Waals surface area contributed by atoms with Crippen LogP contribution in [0.25, 0.3) is 0 Å². The molecule has 0 saturated carbocycles. The van der Waals surface area contributed by atoms with E-state index in [0.29, 0.717) is 24.2 Å². The van der Waals surface area contributed by atoms with E-state index in [4.69, 9.17) is 4.74 Å². The van der Waals surface area contributed by atoms with Crippen molar-refractivity contribution in [3.05, 3.63) is 59.7 Å². The molecule has 0 aliphatic carbocycles. The fourth-order valence-corrected chi connectivity index (χ4v) is 7.13. The lowest BCUT2D eigenvalue weighted by molar-refractivity contribution is -0.148. The van der Waals surface area contributed by atoms with Gasteiger partial charge in [0.25, 0.3) is 0 Å². The number of carbonyl (C=O) groups is 3. The summed E-state index contributed by atoms with van der Waals surface area (Å²) >= 11 is 0. The van der Waals surface area contributed by atoms with E-state index in [1.165, 1.54) is 4.90 Å². The molecule has 1 spiro atoms. The lowest BCUT2D eigenvalue weighted by Gasteiger charge is -2.36. The van der Waals surface area contributed by atoms with Crippen molar-refractivity contribution < 1.29 is 24.2 Å². The zero-order valence-electron chi connectivity index (χ0n) is 22.7. The van der Waals surface area contributed by atoms with Gasteiger partial charge in [0.15, 0.2) is 0 Å². The molecule has 3 N–H and O–H groups in total. The molecular weight excluding hydrogens is 482 g/mol. The molecule has 8 nitrogen and oxygen atoms in total. The number of aliphatic hydroxyl groups excluding tert-OH is 1. The van der Waals surface area contributed by atoms with E-state index >= 15 is 0 Å². The highest BCUT2D eigenvalue weighted by molar-refractivity contribution is 6.05. The van der Waals surface area contributed by atoms with Gasteiger partial charge in [-0.2, -0.15) is 0 Å². The number of nitrogens with one attached hydrogen (secondary N) is 2. The Morgan fingerprint density at radius 1 is 1.08 bits per heavy atom. The third-order valence-electron chi connectivity index (χ3n) is 9.13. The molecule has 8 heteroatoms. The Balaban J connectivity index is 1.58. The first-order valence-corrected chi connectivity index (χ1v) is 13.4. The van der Waals surface area contributed by atoms with Gasteiger partial charge >= 0.3 is 0 Å². The second-order valence-corrected chi connectivity index (χ2v) is 11.3. The van der Waals surface area contributed by atoms with Crippen molar-refractivity contribution >= 4 is 29.1 Å². The van der Waals surface area contributed by atoms with Crippen molar-refractivity contribution in [2.24, 2.45) is 17.8 Å². The molecule has 3 amide bonds. The molecule has 2 aromatic carbocycles. The Labute approximate surface area is 223 Å². The third kappa shape index (κ3) is 3.76. The Kier molecular flexibility index (Phi) is 6.60. The molecule has 2 bridgehead atoms. The molecule has 5 rings (SSSR count). The summed E-state index contributed by atoms with van der Waals surface area (Å²) in [5.74, 6) is -2.64. The molecule has 3 unspecified atom stereocenters. The van der Waals surface area contributed by atoms with Crippen LogP contribution >= 0.6 is 0 Å². The number of ether oxygens (including phenoxy) is 1. The second kappa shape index (κ2) is 9.50. The maximum Gasteiger partial charge on any atom is 0.250 e. The van der Waals surface area contributed by atoms with Crippen LogP contribution in [0.1, 0.15) is 44.7 Å². The number of para-hydroxylation sites is 2. The number of aliphatic hydroxyl groups is 1. The fourth-order valence-electron chi connectivity index (χ4n) is 7.13. The van der Waals surface area contributed by atoms with Crippen molar-refractivity contribution in [3.8, 4) is 0 Å². The molecule has 0 radical (unpaired) electrons. The maximum atomic E-state index is 14.2. The average molecular weight is 520 g/mol. The monoisotopic (exact) mass is 519 g/mol. The topological polar surface area (TPSA) is 108 Å². The zero-order chi connectivity index (χ0) is 27.4. The molecule has 3 saturated heterocycles. The van der Waals surface area contributed by atoms with Crippen LogP contribution in [0.2, 0.25) is 0 Å². The van der Waals surface area contributed by atoms with Crippen LogP contribution in [-0.4, -0.2) is 57.6 Å². The normalized spacial score (nSPS) is 32.3. The van der Waals surface area contributed by atoms with Crippen LogP contribution in [-0.2, 0) is 19.1 Å². The first-order valence-electron chi connectivity index (χ1n) is 13.4. The Hall–Kier alpha value is -3.23. The number of amides is 3. The van der Waals surface area contributed by atoms with Gasteiger partial charge in [0, 0.05) is 11.4 Å². The summed E-state index contributed by atoms with van der Waals surface area (Å²) in [6, 6.07) is 13.4. The minimum Gasteiger partial charge on any atom is -0.394 e. The largest absolute Gasteiger partial charge is 0.394 e. The summed E-state index contributed by atoms with van der Waals surface area (Å²) < 4.78 is 6.76. The van der Waals surface area contributed by atoms with E-state index < -0.39 is 35.1 Å². The Bertz CT molecular complexity index is 1240. The van der Waals surface area contributed by atoms with Gasteiger partial charge in [0.05, 0.1) is 30.1 Å². The van der Waals surface area contributed by atoms with E-state index in [-0.39, 0.29) is 30.2 Å². The van der Waals surface area contributed by atoms with E-state index in [1.807, 2.05) is 71.0 Å². The SMILES string of the molecule is CC[C@@H](CO)N1C(=O)[C@@H]2[C@H](C(=O)Nc3ccccc3)[C@@]3(C)OC2(CC3C)C1C(=O)Nc1c(C)cccc1C. The fraction of sp³-hybridized carbons (Fsp3) is 0.500. The number of carbonyl (C=O) groups excluding carboxylic acids is 3. The van der Waals surface area contributed by atoms with Crippen molar-refractivity contribution in [1.29, 1.82) is 0 Å². The summed E-state index contributed by atoms with van der Waals surface area (Å²) in [5, 5.41) is 16.3. The van der Waals surface area contributed by atoms with Gasteiger partial charge in [-0.05, 0) is 62.8 Å². The summed E-state index contributed by atoms with van der Waals surface area (Å²) in [5.41, 5.74) is 1.08. The predicted molar refractivity (Wildman–Crippen MR) is 144 cm³/mol. The summed E-state index contributed by atoms with van der Waals surface area (Å²) in [6.07, 6.45) is 0.935. The number of likely N-dealkylation sites (tertiary alicyclic amines) is 1. The lowest BCUT2D eigenvalue weighted by atomic mass is 9.62. The first-order chi connectivity index (χ1) is 18.1. The Morgan fingerprint density at radius 3 is 2.34 bits per heavy atom. The van der Waals surface area contributed by atoms with Crippen molar-refractivity contribution in [3.63, 3.8) is 0 Å². The van der Waals surface area contributed by atoms with Gasteiger partial charge in [-0.25, -0.2) is 0 Å². The molecule has 0 aromatic heterocycles. The number of fused-ring (bicyclic) bond motifs is 1. The minimum atomic E-state index is -1.17. The van der Waals surface area contributed by atoms with Gasteiger partial charge in [-0.3, -0.25) is 14.4 Å². The zero-order valence-corrected chi connectivity index (χ0v) is 22.7. The molecule has 202 valence electrons. The number of nitrogens with zero attached hydrogens (tertiary/aromatic N) is 1. The van der Waals surface area contributed by atoms with Crippen molar-refractivity contribution in [2.75, 3.05) is 17.2 Å².